The normalized spacial score (nSPS) is 17.6. The zero-order valence-electron chi connectivity index (χ0n) is 22.8. The number of benzene rings is 1. The topological polar surface area (TPSA) is 114 Å². The first kappa shape index (κ1) is 30.6. The van der Waals surface area contributed by atoms with Gasteiger partial charge in [0.05, 0.1) is 0 Å². The summed E-state index contributed by atoms with van der Waals surface area (Å²) in [6.45, 7) is 5.13. The van der Waals surface area contributed by atoms with Crippen molar-refractivity contribution >= 4 is 18.0 Å². The molecule has 3 N–H and O–H groups in total. The number of hydrogen-bond acceptors (Lipinski definition) is 6. The van der Waals surface area contributed by atoms with E-state index in [0.29, 0.717) is 0 Å². The van der Waals surface area contributed by atoms with Crippen LogP contribution in [0.4, 0.5) is 4.79 Å². The minimum atomic E-state index is -1.24. The molecule has 8 heteroatoms. The highest BCUT2D eigenvalue weighted by Gasteiger charge is 2.25. The van der Waals surface area contributed by atoms with Gasteiger partial charge >= 0.3 is 18.0 Å². The number of carboxylic acid groups (broad SMARTS) is 1. The molecule has 2 aliphatic rings. The van der Waals surface area contributed by atoms with E-state index in [0.717, 1.165) is 17.6 Å². The minimum Gasteiger partial charge on any atom is -0.480 e. The summed E-state index contributed by atoms with van der Waals surface area (Å²) >= 11 is 0. The average molecular weight is 519 g/mol. The first-order valence-electron chi connectivity index (χ1n) is 13.8. The Labute approximate surface area is 221 Å². The van der Waals surface area contributed by atoms with Gasteiger partial charge in [0.1, 0.15) is 18.2 Å². The average Bonchev–Trinajstić information content (AvgIpc) is 2.86. The minimum absolute atomic E-state index is 0.0812. The predicted octanol–water partition coefficient (Wildman–Crippen LogP) is 5.73. The quantitative estimate of drug-likeness (QED) is 0.358. The maximum atomic E-state index is 11.7. The molecule has 3 rings (SSSR count). The Morgan fingerprint density at radius 1 is 0.919 bits per heavy atom. The predicted molar refractivity (Wildman–Crippen MR) is 143 cm³/mol. The van der Waals surface area contributed by atoms with Crippen LogP contribution in [-0.4, -0.2) is 46.9 Å². The lowest BCUT2D eigenvalue weighted by molar-refractivity contribution is -0.145. The van der Waals surface area contributed by atoms with Crippen LogP contribution in [-0.2, 0) is 25.7 Å². The molecular formula is C29H46N2O6. The van der Waals surface area contributed by atoms with Gasteiger partial charge in [0.15, 0.2) is 0 Å². The Balaban J connectivity index is 0.000000308. The molecule has 0 aromatic heterocycles. The fraction of sp³-hybridized carbons (Fsp3) is 0.690. The summed E-state index contributed by atoms with van der Waals surface area (Å²) < 4.78 is 10.1. The van der Waals surface area contributed by atoms with Crippen molar-refractivity contribution < 1.29 is 29.0 Å². The lowest BCUT2D eigenvalue weighted by Crippen LogP contribution is -2.43. The number of nitrogens with one attached hydrogen (secondary N) is 2. The van der Waals surface area contributed by atoms with Gasteiger partial charge in [-0.1, -0.05) is 68.9 Å². The monoisotopic (exact) mass is 518 g/mol. The van der Waals surface area contributed by atoms with Crippen molar-refractivity contribution in [1.82, 2.24) is 10.6 Å². The van der Waals surface area contributed by atoms with Gasteiger partial charge in [-0.3, -0.25) is 4.79 Å². The molecule has 0 saturated heterocycles. The largest absolute Gasteiger partial charge is 0.480 e. The summed E-state index contributed by atoms with van der Waals surface area (Å²) in [7, 11) is 0. The van der Waals surface area contributed by atoms with Crippen molar-refractivity contribution in [2.45, 2.75) is 128 Å². The highest BCUT2D eigenvalue weighted by atomic mass is 16.6. The molecule has 0 spiro atoms. The zero-order chi connectivity index (χ0) is 27.1. The van der Waals surface area contributed by atoms with Crippen LogP contribution in [0.15, 0.2) is 30.3 Å². The van der Waals surface area contributed by atoms with E-state index in [9.17, 15) is 14.4 Å². The molecular weight excluding hydrogens is 472 g/mol. The van der Waals surface area contributed by atoms with Crippen LogP contribution in [0.3, 0.4) is 0 Å². The summed E-state index contributed by atoms with van der Waals surface area (Å²) in [5, 5.41) is 15.2. The van der Waals surface area contributed by atoms with Crippen LogP contribution < -0.4 is 10.6 Å². The Kier molecular flexibility index (Phi) is 13.5. The zero-order valence-corrected chi connectivity index (χ0v) is 22.8. The fourth-order valence-electron chi connectivity index (χ4n) is 4.65. The van der Waals surface area contributed by atoms with E-state index in [1.807, 2.05) is 30.3 Å². The second-order valence-corrected chi connectivity index (χ2v) is 11.1. The van der Waals surface area contributed by atoms with Crippen LogP contribution in [0.1, 0.15) is 103 Å². The van der Waals surface area contributed by atoms with Gasteiger partial charge in [0, 0.05) is 18.5 Å². The van der Waals surface area contributed by atoms with Crippen LogP contribution in [0, 0.1) is 0 Å². The summed E-state index contributed by atoms with van der Waals surface area (Å²) in [5.41, 5.74) is 0.106. The SMILES string of the molecule is C1CCC(NC2CCCCC2)CC1.CC(C)(C)OC(=O)N[C@@H](CCC(=O)OCc1ccccc1)C(=O)O. The van der Waals surface area contributed by atoms with Crippen molar-refractivity contribution in [2.24, 2.45) is 0 Å². The van der Waals surface area contributed by atoms with Crippen molar-refractivity contribution in [3.63, 3.8) is 0 Å². The maximum Gasteiger partial charge on any atom is 0.408 e. The molecule has 2 saturated carbocycles. The van der Waals surface area contributed by atoms with Gasteiger partial charge < -0.3 is 25.2 Å². The van der Waals surface area contributed by atoms with E-state index < -0.39 is 29.7 Å². The molecule has 0 heterocycles. The highest BCUT2D eigenvalue weighted by molar-refractivity contribution is 5.80. The summed E-state index contributed by atoms with van der Waals surface area (Å²) in [4.78, 5) is 34.5. The second kappa shape index (κ2) is 16.3. The van der Waals surface area contributed by atoms with Crippen molar-refractivity contribution in [3.8, 4) is 0 Å². The molecule has 1 aromatic carbocycles. The number of carbonyl (C=O) groups is 3. The van der Waals surface area contributed by atoms with Crippen LogP contribution in [0.5, 0.6) is 0 Å². The molecule has 1 aromatic rings. The maximum absolute atomic E-state index is 11.7. The molecule has 0 unspecified atom stereocenters. The number of rotatable bonds is 9. The third-order valence-corrected chi connectivity index (χ3v) is 6.55. The molecule has 1 atom stereocenters. The molecule has 0 radical (unpaired) electrons. The number of aliphatic carboxylic acids is 1. The number of hydrogen-bond donors (Lipinski definition) is 3. The van der Waals surface area contributed by atoms with E-state index in [-0.39, 0.29) is 19.4 Å². The first-order chi connectivity index (χ1) is 17.6. The summed E-state index contributed by atoms with van der Waals surface area (Å²) in [6, 6.07) is 9.67. The smallest absolute Gasteiger partial charge is 0.408 e. The molecule has 37 heavy (non-hydrogen) atoms. The number of esters is 1. The molecule has 2 fully saturated rings. The van der Waals surface area contributed by atoms with Gasteiger partial charge in [-0.2, -0.15) is 0 Å². The van der Waals surface area contributed by atoms with Crippen LogP contribution in [0.2, 0.25) is 0 Å². The number of carboxylic acids is 1. The molecule has 1 amide bonds. The lowest BCUT2D eigenvalue weighted by Gasteiger charge is -2.30. The third kappa shape index (κ3) is 14.1. The molecule has 8 nitrogen and oxygen atoms in total. The summed E-state index contributed by atoms with van der Waals surface area (Å²) in [5.74, 6) is -1.77. The molecule has 0 bridgehead atoms. The van der Waals surface area contributed by atoms with Gasteiger partial charge in [0.2, 0.25) is 0 Å². The molecule has 0 aliphatic heterocycles. The van der Waals surface area contributed by atoms with E-state index >= 15 is 0 Å². The van der Waals surface area contributed by atoms with E-state index in [1.165, 1.54) is 64.2 Å². The standard InChI is InChI=1S/C17H23NO6.C12H23N/c1-17(2,3)24-16(22)18-13(15(20)21)9-10-14(19)23-11-12-7-5-4-6-8-12;1-3-7-11(8-4-1)13-12-9-5-2-6-10-12/h4-8,13H,9-11H2,1-3H3,(H,18,22)(H,20,21);11-13H,1-10H2/t13-;/m0./s1. The fourth-order valence-corrected chi connectivity index (χ4v) is 4.65. The van der Waals surface area contributed by atoms with Gasteiger partial charge in [0.25, 0.3) is 0 Å². The van der Waals surface area contributed by atoms with Crippen molar-refractivity contribution in [1.29, 1.82) is 0 Å². The Bertz CT molecular complexity index is 795. The lowest BCUT2D eigenvalue weighted by atomic mass is 9.91. The number of ether oxygens (including phenoxy) is 2. The Hall–Kier alpha value is -2.61. The highest BCUT2D eigenvalue weighted by Crippen LogP contribution is 2.22. The number of carbonyl (C=O) groups excluding carboxylic acids is 2. The van der Waals surface area contributed by atoms with E-state index in [2.05, 4.69) is 10.6 Å². The third-order valence-electron chi connectivity index (χ3n) is 6.55. The number of amides is 1. The van der Waals surface area contributed by atoms with Crippen LogP contribution in [0.25, 0.3) is 0 Å². The summed E-state index contributed by atoms with van der Waals surface area (Å²) in [6.07, 6.45) is 13.5. The van der Waals surface area contributed by atoms with Gasteiger partial charge in [-0.05, 0) is 58.4 Å². The molecule has 208 valence electrons. The Morgan fingerprint density at radius 3 is 1.95 bits per heavy atom. The van der Waals surface area contributed by atoms with Crippen molar-refractivity contribution in [3.05, 3.63) is 35.9 Å². The first-order valence-corrected chi connectivity index (χ1v) is 13.8. The van der Waals surface area contributed by atoms with Crippen molar-refractivity contribution in [2.75, 3.05) is 0 Å². The van der Waals surface area contributed by atoms with E-state index in [4.69, 9.17) is 14.6 Å². The van der Waals surface area contributed by atoms with Crippen LogP contribution >= 0.6 is 0 Å². The molecule has 2 aliphatic carbocycles. The Morgan fingerprint density at radius 2 is 1.46 bits per heavy atom. The second-order valence-electron chi connectivity index (χ2n) is 11.1. The van der Waals surface area contributed by atoms with Gasteiger partial charge in [-0.15, -0.1) is 0 Å². The van der Waals surface area contributed by atoms with Gasteiger partial charge in [-0.25, -0.2) is 9.59 Å². The number of alkyl carbamates (subject to hydrolysis) is 1. The van der Waals surface area contributed by atoms with E-state index in [1.54, 1.807) is 20.8 Å².